The van der Waals surface area contributed by atoms with Gasteiger partial charge >= 0.3 is 0 Å². The molecule has 1 aromatic rings. The number of nitrogens with two attached hydrogens (primary N) is 2. The highest BCUT2D eigenvalue weighted by Gasteiger charge is 2.22. The second-order valence-corrected chi connectivity index (χ2v) is 5.60. The molecule has 0 bridgehead atoms. The Labute approximate surface area is 112 Å². The quantitative estimate of drug-likeness (QED) is 0.738. The Kier molecular flexibility index (Phi) is 3.85. The first-order valence-electron chi connectivity index (χ1n) is 6.25. The minimum Gasteiger partial charge on any atom is -0.397 e. The summed E-state index contributed by atoms with van der Waals surface area (Å²) >= 11 is 5.78. The van der Waals surface area contributed by atoms with E-state index in [0.717, 1.165) is 12.5 Å². The third kappa shape index (κ3) is 2.64. The van der Waals surface area contributed by atoms with E-state index in [4.69, 9.17) is 23.1 Å². The Bertz CT molecular complexity index is 450. The molecular formula is C13H19ClFN3. The first kappa shape index (κ1) is 13.3. The van der Waals surface area contributed by atoms with Gasteiger partial charge in [0, 0.05) is 6.54 Å². The zero-order valence-electron chi connectivity index (χ0n) is 10.5. The van der Waals surface area contributed by atoms with Crippen molar-refractivity contribution in [1.82, 2.24) is 0 Å². The molecule has 5 heteroatoms. The molecule has 0 aliphatic heterocycles. The highest BCUT2D eigenvalue weighted by molar-refractivity contribution is 6.33. The molecule has 0 radical (unpaired) electrons. The highest BCUT2D eigenvalue weighted by atomic mass is 35.5. The van der Waals surface area contributed by atoms with Gasteiger partial charge in [0.25, 0.3) is 0 Å². The largest absolute Gasteiger partial charge is 0.397 e. The maximum atomic E-state index is 13.9. The summed E-state index contributed by atoms with van der Waals surface area (Å²) < 4.78 is 13.9. The van der Waals surface area contributed by atoms with Gasteiger partial charge in [-0.05, 0) is 30.7 Å². The molecule has 2 rings (SSSR count). The van der Waals surface area contributed by atoms with Gasteiger partial charge in [-0.15, -0.1) is 0 Å². The molecule has 0 spiro atoms. The van der Waals surface area contributed by atoms with E-state index < -0.39 is 5.82 Å². The molecule has 0 aromatic heterocycles. The Morgan fingerprint density at radius 2 is 2.11 bits per heavy atom. The van der Waals surface area contributed by atoms with Crippen LogP contribution in [-0.2, 0) is 0 Å². The van der Waals surface area contributed by atoms with E-state index in [1.807, 2.05) is 0 Å². The normalized spacial score (nSPS) is 23.3. The van der Waals surface area contributed by atoms with Crippen LogP contribution in [0, 0.1) is 17.7 Å². The van der Waals surface area contributed by atoms with Crippen LogP contribution in [0.4, 0.5) is 21.5 Å². The summed E-state index contributed by atoms with van der Waals surface area (Å²) in [6.07, 6.45) is 3.60. The van der Waals surface area contributed by atoms with E-state index in [2.05, 4.69) is 12.2 Å². The Morgan fingerprint density at radius 3 is 2.72 bits per heavy atom. The molecule has 1 aliphatic rings. The fourth-order valence-electron chi connectivity index (χ4n) is 2.60. The lowest BCUT2D eigenvalue weighted by Crippen LogP contribution is -2.14. The molecule has 0 saturated heterocycles. The van der Waals surface area contributed by atoms with Crippen molar-refractivity contribution in [1.29, 1.82) is 0 Å². The summed E-state index contributed by atoms with van der Waals surface area (Å²) in [5.74, 6) is 0.782. The number of nitrogen functional groups attached to an aromatic ring is 2. The molecule has 0 heterocycles. The zero-order chi connectivity index (χ0) is 13.3. The molecule has 1 aromatic carbocycles. The van der Waals surface area contributed by atoms with Gasteiger partial charge in [-0.25, -0.2) is 4.39 Å². The van der Waals surface area contributed by atoms with Crippen molar-refractivity contribution in [3.05, 3.63) is 16.9 Å². The number of hydrogen-bond donors (Lipinski definition) is 3. The summed E-state index contributed by atoms with van der Waals surface area (Å²) in [7, 11) is 0. The summed E-state index contributed by atoms with van der Waals surface area (Å²) in [4.78, 5) is 0. The van der Waals surface area contributed by atoms with Gasteiger partial charge in [0.05, 0.1) is 17.1 Å². The molecule has 1 saturated carbocycles. The van der Waals surface area contributed by atoms with Crippen molar-refractivity contribution in [2.24, 2.45) is 11.8 Å². The highest BCUT2D eigenvalue weighted by Crippen LogP contribution is 2.35. The lowest BCUT2D eigenvalue weighted by atomic mass is 10.1. The molecule has 1 fully saturated rings. The maximum absolute atomic E-state index is 13.9. The third-order valence-electron chi connectivity index (χ3n) is 3.64. The van der Waals surface area contributed by atoms with Gasteiger partial charge in [0.1, 0.15) is 5.02 Å². The molecule has 2 atom stereocenters. The molecular weight excluding hydrogens is 253 g/mol. The van der Waals surface area contributed by atoms with Crippen molar-refractivity contribution < 1.29 is 4.39 Å². The molecule has 5 N–H and O–H groups in total. The summed E-state index contributed by atoms with van der Waals surface area (Å²) in [5.41, 5.74) is 12.1. The number of rotatable bonds is 3. The average Bonchev–Trinajstić information content (AvgIpc) is 2.72. The predicted molar refractivity (Wildman–Crippen MR) is 75.2 cm³/mol. The van der Waals surface area contributed by atoms with E-state index in [0.29, 0.717) is 11.6 Å². The van der Waals surface area contributed by atoms with Crippen LogP contribution in [-0.4, -0.2) is 6.54 Å². The molecule has 100 valence electrons. The van der Waals surface area contributed by atoms with E-state index in [9.17, 15) is 4.39 Å². The molecule has 0 amide bonds. The van der Waals surface area contributed by atoms with Crippen molar-refractivity contribution >= 4 is 28.7 Å². The van der Waals surface area contributed by atoms with Gasteiger partial charge in [0.2, 0.25) is 0 Å². The summed E-state index contributed by atoms with van der Waals surface area (Å²) in [5, 5.41) is 3.01. The lowest BCUT2D eigenvalue weighted by molar-refractivity contribution is 0.535. The standard InChI is InChI=1S/C13H19ClFN3/c1-7-2-3-8(4-7)6-18-13-10(17)5-9(16)11(14)12(13)15/h5,7-8,18H,2-4,6,16-17H2,1H3. The Hall–Kier alpha value is -1.16. The second-order valence-electron chi connectivity index (χ2n) is 5.22. The second kappa shape index (κ2) is 5.22. The fraction of sp³-hybridized carbons (Fsp3) is 0.538. The first-order valence-corrected chi connectivity index (χ1v) is 6.63. The van der Waals surface area contributed by atoms with Crippen molar-refractivity contribution in [3.63, 3.8) is 0 Å². The van der Waals surface area contributed by atoms with Crippen LogP contribution < -0.4 is 16.8 Å². The fourth-order valence-corrected chi connectivity index (χ4v) is 2.75. The van der Waals surface area contributed by atoms with Crippen LogP contribution >= 0.6 is 11.6 Å². The van der Waals surface area contributed by atoms with Gasteiger partial charge in [-0.1, -0.05) is 24.9 Å². The SMILES string of the molecule is CC1CCC(CNc2c(N)cc(N)c(Cl)c2F)C1. The van der Waals surface area contributed by atoms with Crippen LogP contribution in [0.15, 0.2) is 6.07 Å². The van der Waals surface area contributed by atoms with E-state index >= 15 is 0 Å². The van der Waals surface area contributed by atoms with Gasteiger partial charge in [-0.3, -0.25) is 0 Å². The van der Waals surface area contributed by atoms with Crippen LogP contribution in [0.3, 0.4) is 0 Å². The van der Waals surface area contributed by atoms with E-state index in [1.54, 1.807) is 0 Å². The molecule has 2 unspecified atom stereocenters. The predicted octanol–water partition coefficient (Wildman–Crippen LogP) is 3.49. The topological polar surface area (TPSA) is 64.1 Å². The minimum absolute atomic E-state index is 0.0634. The number of anilines is 3. The van der Waals surface area contributed by atoms with Crippen LogP contribution in [0.2, 0.25) is 5.02 Å². The van der Waals surface area contributed by atoms with Crippen LogP contribution in [0.25, 0.3) is 0 Å². The van der Waals surface area contributed by atoms with Crippen molar-refractivity contribution in [3.8, 4) is 0 Å². The number of hydrogen-bond acceptors (Lipinski definition) is 3. The summed E-state index contributed by atoms with van der Waals surface area (Å²) in [6.45, 7) is 2.97. The third-order valence-corrected chi connectivity index (χ3v) is 4.02. The van der Waals surface area contributed by atoms with Gasteiger partial charge in [0.15, 0.2) is 5.82 Å². The van der Waals surface area contributed by atoms with E-state index in [1.165, 1.54) is 25.3 Å². The number of benzene rings is 1. The molecule has 3 nitrogen and oxygen atoms in total. The number of nitrogens with one attached hydrogen (secondary N) is 1. The first-order chi connectivity index (χ1) is 8.49. The van der Waals surface area contributed by atoms with Gasteiger partial charge < -0.3 is 16.8 Å². The van der Waals surface area contributed by atoms with Crippen LogP contribution in [0.1, 0.15) is 26.2 Å². The Morgan fingerprint density at radius 1 is 1.39 bits per heavy atom. The van der Waals surface area contributed by atoms with E-state index in [-0.39, 0.29) is 16.4 Å². The molecule has 1 aliphatic carbocycles. The molecule has 18 heavy (non-hydrogen) atoms. The van der Waals surface area contributed by atoms with Crippen molar-refractivity contribution in [2.45, 2.75) is 26.2 Å². The van der Waals surface area contributed by atoms with Crippen LogP contribution in [0.5, 0.6) is 0 Å². The summed E-state index contributed by atoms with van der Waals surface area (Å²) in [6, 6.07) is 1.49. The average molecular weight is 272 g/mol. The smallest absolute Gasteiger partial charge is 0.169 e. The minimum atomic E-state index is -0.555. The van der Waals surface area contributed by atoms with Gasteiger partial charge in [-0.2, -0.15) is 0 Å². The monoisotopic (exact) mass is 271 g/mol. The van der Waals surface area contributed by atoms with Crippen molar-refractivity contribution in [2.75, 3.05) is 23.3 Å². The zero-order valence-corrected chi connectivity index (χ0v) is 11.2. The Balaban J connectivity index is 2.07. The number of halogens is 2. The maximum Gasteiger partial charge on any atom is 0.169 e. The lowest BCUT2D eigenvalue weighted by Gasteiger charge is -2.16.